The SMILES string of the molecule is CC(N)C(c1ccccc1Cl)N1CCNC(=O)C1C. The number of nitrogens with zero attached hydrogens (tertiary/aromatic N) is 1. The summed E-state index contributed by atoms with van der Waals surface area (Å²) in [5.74, 6) is 0.0453. The van der Waals surface area contributed by atoms with Crippen LogP contribution in [0, 0.1) is 0 Å². The zero-order valence-corrected chi connectivity index (χ0v) is 12.0. The maximum Gasteiger partial charge on any atom is 0.237 e. The molecule has 1 heterocycles. The summed E-state index contributed by atoms with van der Waals surface area (Å²) < 4.78 is 0. The highest BCUT2D eigenvalue weighted by Crippen LogP contribution is 2.31. The lowest BCUT2D eigenvalue weighted by Gasteiger charge is -2.41. The highest BCUT2D eigenvalue weighted by Gasteiger charge is 2.34. The number of hydrogen-bond acceptors (Lipinski definition) is 3. The second-order valence-electron chi connectivity index (χ2n) is 5.03. The van der Waals surface area contributed by atoms with Crippen molar-refractivity contribution in [3.63, 3.8) is 0 Å². The monoisotopic (exact) mass is 281 g/mol. The second kappa shape index (κ2) is 5.90. The van der Waals surface area contributed by atoms with Gasteiger partial charge >= 0.3 is 0 Å². The number of rotatable bonds is 3. The average molecular weight is 282 g/mol. The van der Waals surface area contributed by atoms with Crippen LogP contribution in [0.25, 0.3) is 0 Å². The number of carbonyl (C=O) groups is 1. The van der Waals surface area contributed by atoms with Gasteiger partial charge in [-0.15, -0.1) is 0 Å². The van der Waals surface area contributed by atoms with Crippen molar-refractivity contribution in [1.29, 1.82) is 0 Å². The highest BCUT2D eigenvalue weighted by atomic mass is 35.5. The van der Waals surface area contributed by atoms with E-state index in [1.807, 2.05) is 38.1 Å². The third kappa shape index (κ3) is 2.91. The third-order valence-electron chi connectivity index (χ3n) is 3.63. The van der Waals surface area contributed by atoms with Crippen LogP contribution in [0.3, 0.4) is 0 Å². The van der Waals surface area contributed by atoms with E-state index in [9.17, 15) is 4.79 Å². The third-order valence-corrected chi connectivity index (χ3v) is 3.97. The van der Waals surface area contributed by atoms with Gasteiger partial charge in [0.25, 0.3) is 0 Å². The van der Waals surface area contributed by atoms with Gasteiger partial charge in [0.1, 0.15) is 0 Å². The number of nitrogens with one attached hydrogen (secondary N) is 1. The number of carbonyl (C=O) groups excluding carboxylic acids is 1. The number of benzene rings is 1. The van der Waals surface area contributed by atoms with Crippen LogP contribution >= 0.6 is 11.6 Å². The van der Waals surface area contributed by atoms with Gasteiger partial charge < -0.3 is 11.1 Å². The number of nitrogens with two attached hydrogens (primary N) is 1. The molecular formula is C14H20ClN3O. The molecule has 5 heteroatoms. The van der Waals surface area contributed by atoms with E-state index in [1.165, 1.54) is 0 Å². The Morgan fingerprint density at radius 1 is 1.47 bits per heavy atom. The summed E-state index contributed by atoms with van der Waals surface area (Å²) in [6, 6.07) is 7.35. The number of piperazine rings is 1. The molecule has 104 valence electrons. The first-order valence-electron chi connectivity index (χ1n) is 6.56. The molecule has 1 aliphatic rings. The fraction of sp³-hybridized carbons (Fsp3) is 0.500. The molecule has 4 nitrogen and oxygen atoms in total. The summed E-state index contributed by atoms with van der Waals surface area (Å²) in [5.41, 5.74) is 7.13. The van der Waals surface area contributed by atoms with Gasteiger partial charge in [-0.05, 0) is 25.5 Å². The van der Waals surface area contributed by atoms with Crippen molar-refractivity contribution < 1.29 is 4.79 Å². The Bertz CT molecular complexity index is 464. The van der Waals surface area contributed by atoms with E-state index in [2.05, 4.69) is 10.2 Å². The predicted molar refractivity (Wildman–Crippen MR) is 77.0 cm³/mol. The number of hydrogen-bond donors (Lipinski definition) is 2. The Hall–Kier alpha value is -1.10. The van der Waals surface area contributed by atoms with Gasteiger partial charge in [-0.2, -0.15) is 0 Å². The van der Waals surface area contributed by atoms with Gasteiger partial charge in [0, 0.05) is 24.2 Å². The molecule has 0 saturated carbocycles. The van der Waals surface area contributed by atoms with Gasteiger partial charge in [-0.3, -0.25) is 9.69 Å². The van der Waals surface area contributed by atoms with E-state index in [0.717, 1.165) is 12.1 Å². The average Bonchev–Trinajstić information content (AvgIpc) is 2.37. The van der Waals surface area contributed by atoms with Crippen molar-refractivity contribution in [2.24, 2.45) is 5.73 Å². The summed E-state index contributed by atoms with van der Waals surface area (Å²) in [6.07, 6.45) is 0. The van der Waals surface area contributed by atoms with Crippen LogP contribution in [0.1, 0.15) is 25.5 Å². The van der Waals surface area contributed by atoms with E-state index in [0.29, 0.717) is 11.6 Å². The summed E-state index contributed by atoms with van der Waals surface area (Å²) in [5, 5.41) is 3.56. The first-order chi connectivity index (χ1) is 9.02. The van der Waals surface area contributed by atoms with Crippen LogP contribution in [-0.4, -0.2) is 36.0 Å². The van der Waals surface area contributed by atoms with Gasteiger partial charge in [-0.25, -0.2) is 0 Å². The van der Waals surface area contributed by atoms with Gasteiger partial charge in [0.2, 0.25) is 5.91 Å². The molecule has 2 rings (SSSR count). The quantitative estimate of drug-likeness (QED) is 0.884. The lowest BCUT2D eigenvalue weighted by molar-refractivity contribution is -0.129. The molecule has 0 aliphatic carbocycles. The zero-order chi connectivity index (χ0) is 14.0. The first-order valence-corrected chi connectivity index (χ1v) is 6.93. The van der Waals surface area contributed by atoms with Crippen molar-refractivity contribution in [1.82, 2.24) is 10.2 Å². The van der Waals surface area contributed by atoms with E-state index < -0.39 is 0 Å². The lowest BCUT2D eigenvalue weighted by Crippen LogP contribution is -2.57. The molecule has 0 aromatic heterocycles. The molecule has 3 atom stereocenters. The molecule has 1 aromatic rings. The Morgan fingerprint density at radius 3 is 2.79 bits per heavy atom. The molecule has 3 unspecified atom stereocenters. The summed E-state index contributed by atoms with van der Waals surface area (Å²) >= 11 is 6.28. The molecule has 1 amide bonds. The van der Waals surface area contributed by atoms with Crippen molar-refractivity contribution in [2.75, 3.05) is 13.1 Å². The zero-order valence-electron chi connectivity index (χ0n) is 11.3. The van der Waals surface area contributed by atoms with Crippen LogP contribution in [0.15, 0.2) is 24.3 Å². The number of halogens is 1. The largest absolute Gasteiger partial charge is 0.353 e. The minimum Gasteiger partial charge on any atom is -0.353 e. The van der Waals surface area contributed by atoms with Crippen LogP contribution in [-0.2, 0) is 4.79 Å². The second-order valence-corrected chi connectivity index (χ2v) is 5.44. The normalized spacial score (nSPS) is 23.8. The number of amides is 1. The van der Waals surface area contributed by atoms with E-state index in [4.69, 9.17) is 17.3 Å². The van der Waals surface area contributed by atoms with Crippen LogP contribution in [0.5, 0.6) is 0 Å². The fourth-order valence-electron chi connectivity index (χ4n) is 2.66. The Labute approximate surface area is 118 Å². The molecular weight excluding hydrogens is 262 g/mol. The maximum atomic E-state index is 11.8. The Balaban J connectivity index is 2.35. The minimum atomic E-state index is -0.193. The summed E-state index contributed by atoms with van der Waals surface area (Å²) in [4.78, 5) is 14.0. The van der Waals surface area contributed by atoms with Gasteiger partial charge in [0.05, 0.1) is 12.1 Å². The maximum absolute atomic E-state index is 11.8. The molecule has 1 fully saturated rings. The van der Waals surface area contributed by atoms with Crippen LogP contribution in [0.4, 0.5) is 0 Å². The lowest BCUT2D eigenvalue weighted by atomic mass is 9.96. The van der Waals surface area contributed by atoms with E-state index >= 15 is 0 Å². The molecule has 0 radical (unpaired) electrons. The van der Waals surface area contributed by atoms with Crippen molar-refractivity contribution >= 4 is 17.5 Å². The minimum absolute atomic E-state index is 0.0453. The Kier molecular flexibility index (Phi) is 4.45. The predicted octanol–water partition coefficient (Wildman–Crippen LogP) is 1.55. The molecule has 0 spiro atoms. The van der Waals surface area contributed by atoms with Crippen molar-refractivity contribution in [2.45, 2.75) is 32.0 Å². The molecule has 1 saturated heterocycles. The summed E-state index contributed by atoms with van der Waals surface area (Å²) in [6.45, 7) is 5.29. The first kappa shape index (κ1) is 14.3. The standard InChI is InChI=1S/C14H20ClN3O/c1-9(16)13(11-5-3-4-6-12(11)15)18-8-7-17-14(19)10(18)2/h3-6,9-10,13H,7-8,16H2,1-2H3,(H,17,19). The topological polar surface area (TPSA) is 58.4 Å². The van der Waals surface area contributed by atoms with Crippen molar-refractivity contribution in [3.05, 3.63) is 34.9 Å². The fourth-order valence-corrected chi connectivity index (χ4v) is 2.91. The molecule has 1 aromatic carbocycles. The highest BCUT2D eigenvalue weighted by molar-refractivity contribution is 6.31. The van der Waals surface area contributed by atoms with Crippen LogP contribution in [0.2, 0.25) is 5.02 Å². The van der Waals surface area contributed by atoms with E-state index in [-0.39, 0.29) is 24.0 Å². The molecule has 0 bridgehead atoms. The molecule has 1 aliphatic heterocycles. The van der Waals surface area contributed by atoms with Gasteiger partial charge in [0.15, 0.2) is 0 Å². The smallest absolute Gasteiger partial charge is 0.237 e. The van der Waals surface area contributed by atoms with Gasteiger partial charge in [-0.1, -0.05) is 29.8 Å². The van der Waals surface area contributed by atoms with E-state index in [1.54, 1.807) is 0 Å². The van der Waals surface area contributed by atoms with Crippen LogP contribution < -0.4 is 11.1 Å². The Morgan fingerprint density at radius 2 is 2.16 bits per heavy atom. The molecule has 19 heavy (non-hydrogen) atoms. The van der Waals surface area contributed by atoms with Crippen molar-refractivity contribution in [3.8, 4) is 0 Å². The molecule has 3 N–H and O–H groups in total. The summed E-state index contributed by atoms with van der Waals surface area (Å²) in [7, 11) is 0.